The molecule has 1 aromatic carbocycles. The lowest BCUT2D eigenvalue weighted by molar-refractivity contribution is 0.611. The number of nitrogens with zero attached hydrogens (tertiary/aromatic N) is 3. The van der Waals surface area contributed by atoms with Gasteiger partial charge in [0, 0.05) is 6.54 Å². The smallest absolute Gasteiger partial charge is 0.327 e. The van der Waals surface area contributed by atoms with Crippen molar-refractivity contribution in [2.75, 3.05) is 6.54 Å². The number of halogens is 2. The molecule has 20 heavy (non-hydrogen) atoms. The Bertz CT molecular complexity index is 703. The van der Waals surface area contributed by atoms with Gasteiger partial charge < -0.3 is 5.73 Å². The lowest BCUT2D eigenvalue weighted by Crippen LogP contribution is -2.26. The van der Waals surface area contributed by atoms with Gasteiger partial charge >= 0.3 is 5.69 Å². The van der Waals surface area contributed by atoms with Crippen molar-refractivity contribution in [1.82, 2.24) is 14.3 Å². The van der Waals surface area contributed by atoms with Crippen molar-refractivity contribution in [3.8, 4) is 5.69 Å². The molecular weight excluding hydrogens is 266 g/mol. The average molecular weight is 280 g/mol. The van der Waals surface area contributed by atoms with Crippen LogP contribution in [0.15, 0.2) is 41.2 Å². The monoisotopic (exact) mass is 280 g/mol. The van der Waals surface area contributed by atoms with Crippen molar-refractivity contribution < 1.29 is 8.78 Å². The highest BCUT2D eigenvalue weighted by Gasteiger charge is 2.09. The Labute approximate surface area is 113 Å². The third kappa shape index (κ3) is 2.67. The van der Waals surface area contributed by atoms with Crippen LogP contribution in [-0.2, 0) is 6.54 Å². The molecule has 2 rings (SSSR count). The van der Waals surface area contributed by atoms with E-state index in [1.807, 2.05) is 0 Å². The van der Waals surface area contributed by atoms with Crippen LogP contribution in [-0.4, -0.2) is 20.9 Å². The number of aromatic nitrogens is 3. The van der Waals surface area contributed by atoms with Crippen LogP contribution in [0, 0.1) is 12.7 Å². The third-order valence-corrected chi connectivity index (χ3v) is 2.92. The van der Waals surface area contributed by atoms with Gasteiger partial charge in [0.25, 0.3) is 0 Å². The number of hydrogen-bond donors (Lipinski definition) is 1. The Morgan fingerprint density at radius 2 is 2.25 bits per heavy atom. The zero-order chi connectivity index (χ0) is 14.7. The Kier molecular flexibility index (Phi) is 4.09. The highest BCUT2D eigenvalue weighted by atomic mass is 19.1. The first-order valence-corrected chi connectivity index (χ1v) is 5.96. The van der Waals surface area contributed by atoms with Crippen LogP contribution >= 0.6 is 0 Å². The molecule has 0 atom stereocenters. The summed E-state index contributed by atoms with van der Waals surface area (Å²) in [6, 6.07) is 4.30. The molecule has 0 radical (unpaired) electrons. The molecule has 0 aliphatic carbocycles. The Morgan fingerprint density at radius 1 is 1.50 bits per heavy atom. The van der Waals surface area contributed by atoms with Gasteiger partial charge in [-0.3, -0.25) is 0 Å². The second-order valence-corrected chi connectivity index (χ2v) is 4.35. The minimum atomic E-state index is -0.441. The largest absolute Gasteiger partial charge is 0.350 e. The van der Waals surface area contributed by atoms with Gasteiger partial charge in [-0.15, -0.1) is 0 Å². The number of aryl methyl sites for hydroxylation is 1. The highest BCUT2D eigenvalue weighted by molar-refractivity contribution is 5.35. The average Bonchev–Trinajstić information content (AvgIpc) is 2.80. The second kappa shape index (κ2) is 5.79. The van der Waals surface area contributed by atoms with E-state index in [1.165, 1.54) is 29.1 Å². The summed E-state index contributed by atoms with van der Waals surface area (Å²) < 4.78 is 28.0. The summed E-state index contributed by atoms with van der Waals surface area (Å²) in [5, 5.41) is 3.89. The molecule has 2 N–H and O–H groups in total. The predicted octanol–water partition coefficient (Wildman–Crippen LogP) is 1.29. The first-order valence-electron chi connectivity index (χ1n) is 5.96. The molecule has 0 fully saturated rings. The standard InChI is InChI=1S/C13H14F2N4O/c1-9-4-11(2-3-12(9)15)18-8-17-19(13(18)20)7-10(5-14)6-16/h2-5,8H,6-7,16H2,1H3/b10-5+. The van der Waals surface area contributed by atoms with E-state index >= 15 is 0 Å². The van der Waals surface area contributed by atoms with Gasteiger partial charge in [0.2, 0.25) is 0 Å². The van der Waals surface area contributed by atoms with Crippen LogP contribution in [0.3, 0.4) is 0 Å². The van der Waals surface area contributed by atoms with Gasteiger partial charge in [0.15, 0.2) is 0 Å². The van der Waals surface area contributed by atoms with Crippen LogP contribution in [0.4, 0.5) is 8.78 Å². The summed E-state index contributed by atoms with van der Waals surface area (Å²) >= 11 is 0. The molecule has 106 valence electrons. The molecule has 0 aliphatic heterocycles. The number of rotatable bonds is 4. The van der Waals surface area contributed by atoms with E-state index in [9.17, 15) is 13.6 Å². The molecule has 5 nitrogen and oxygen atoms in total. The van der Waals surface area contributed by atoms with Gasteiger partial charge in [0.05, 0.1) is 18.6 Å². The van der Waals surface area contributed by atoms with Crippen LogP contribution in [0.25, 0.3) is 5.69 Å². The third-order valence-electron chi connectivity index (χ3n) is 2.92. The summed E-state index contributed by atoms with van der Waals surface area (Å²) in [6.07, 6.45) is 1.68. The van der Waals surface area contributed by atoms with Crippen LogP contribution in [0.1, 0.15) is 5.56 Å². The lowest BCUT2D eigenvalue weighted by atomic mass is 10.2. The summed E-state index contributed by atoms with van der Waals surface area (Å²) in [7, 11) is 0. The fourth-order valence-electron chi connectivity index (χ4n) is 1.74. The summed E-state index contributed by atoms with van der Waals surface area (Å²) in [5.41, 5.74) is 6.08. The Hall–Kier alpha value is -2.28. The molecule has 0 unspecified atom stereocenters. The fraction of sp³-hybridized carbons (Fsp3) is 0.231. The molecule has 0 saturated heterocycles. The van der Waals surface area contributed by atoms with Gasteiger partial charge in [-0.1, -0.05) is 0 Å². The number of hydrogen-bond acceptors (Lipinski definition) is 3. The van der Waals surface area contributed by atoms with Crippen molar-refractivity contribution in [3.05, 3.63) is 58.3 Å². The first-order chi connectivity index (χ1) is 9.56. The normalized spacial score (nSPS) is 11.9. The van der Waals surface area contributed by atoms with E-state index in [-0.39, 0.29) is 24.5 Å². The zero-order valence-corrected chi connectivity index (χ0v) is 10.9. The van der Waals surface area contributed by atoms with Crippen LogP contribution in [0.2, 0.25) is 0 Å². The van der Waals surface area contributed by atoms with E-state index in [0.29, 0.717) is 17.6 Å². The van der Waals surface area contributed by atoms with Gasteiger partial charge in [0.1, 0.15) is 12.1 Å². The van der Waals surface area contributed by atoms with Crippen molar-refractivity contribution in [1.29, 1.82) is 0 Å². The van der Waals surface area contributed by atoms with Gasteiger partial charge in [-0.05, 0) is 36.3 Å². The SMILES string of the molecule is Cc1cc(-n2cnn(C/C(=C/F)CN)c2=O)ccc1F. The van der Waals surface area contributed by atoms with E-state index < -0.39 is 5.69 Å². The maximum absolute atomic E-state index is 13.2. The Balaban J connectivity index is 2.38. The Morgan fingerprint density at radius 3 is 2.85 bits per heavy atom. The highest BCUT2D eigenvalue weighted by Crippen LogP contribution is 2.11. The minimum absolute atomic E-state index is 0.00541. The van der Waals surface area contributed by atoms with Crippen molar-refractivity contribution in [2.45, 2.75) is 13.5 Å². The molecule has 2 aromatic rings. The van der Waals surface area contributed by atoms with E-state index in [4.69, 9.17) is 5.73 Å². The summed E-state index contributed by atoms with van der Waals surface area (Å²) in [5.74, 6) is -0.347. The number of benzene rings is 1. The molecule has 7 heteroatoms. The van der Waals surface area contributed by atoms with E-state index in [0.717, 1.165) is 4.68 Å². The van der Waals surface area contributed by atoms with Crippen molar-refractivity contribution in [2.24, 2.45) is 5.73 Å². The zero-order valence-electron chi connectivity index (χ0n) is 10.9. The van der Waals surface area contributed by atoms with E-state index in [2.05, 4.69) is 5.10 Å². The predicted molar refractivity (Wildman–Crippen MR) is 70.8 cm³/mol. The molecule has 1 aromatic heterocycles. The van der Waals surface area contributed by atoms with Crippen molar-refractivity contribution >= 4 is 0 Å². The molecule has 0 spiro atoms. The van der Waals surface area contributed by atoms with Gasteiger partial charge in [-0.2, -0.15) is 5.10 Å². The number of nitrogens with two attached hydrogens (primary N) is 1. The topological polar surface area (TPSA) is 65.8 Å². The maximum atomic E-state index is 13.2. The maximum Gasteiger partial charge on any atom is 0.350 e. The molecule has 1 heterocycles. The summed E-state index contributed by atoms with van der Waals surface area (Å²) in [6.45, 7) is 1.59. The molecule has 0 aliphatic rings. The molecule has 0 saturated carbocycles. The minimum Gasteiger partial charge on any atom is -0.327 e. The molecule has 0 bridgehead atoms. The van der Waals surface area contributed by atoms with Crippen LogP contribution < -0.4 is 11.4 Å². The summed E-state index contributed by atoms with van der Waals surface area (Å²) in [4.78, 5) is 12.1. The second-order valence-electron chi connectivity index (χ2n) is 4.35. The molecular formula is C13H14F2N4O. The van der Waals surface area contributed by atoms with E-state index in [1.54, 1.807) is 6.92 Å². The van der Waals surface area contributed by atoms with Crippen LogP contribution in [0.5, 0.6) is 0 Å². The fourth-order valence-corrected chi connectivity index (χ4v) is 1.74. The first kappa shape index (κ1) is 14.1. The molecule has 0 amide bonds. The van der Waals surface area contributed by atoms with Crippen molar-refractivity contribution in [3.63, 3.8) is 0 Å². The van der Waals surface area contributed by atoms with Gasteiger partial charge in [-0.25, -0.2) is 22.8 Å². The quantitative estimate of drug-likeness (QED) is 0.918. The lowest BCUT2D eigenvalue weighted by Gasteiger charge is -2.03.